The first-order valence-corrected chi connectivity index (χ1v) is 12.2. The molecule has 3 heterocycles. The number of carbonyl (C=O) groups is 1. The molecule has 1 aromatic carbocycles. The van der Waals surface area contributed by atoms with Crippen LogP contribution in [-0.2, 0) is 14.6 Å². The van der Waals surface area contributed by atoms with Crippen molar-refractivity contribution >= 4 is 26.8 Å². The summed E-state index contributed by atoms with van der Waals surface area (Å²) in [6, 6.07) is 10.4. The van der Waals surface area contributed by atoms with Gasteiger partial charge >= 0.3 is 12.1 Å². The predicted octanol–water partition coefficient (Wildman–Crippen LogP) is 4.14. The molecule has 2 N–H and O–H groups in total. The van der Waals surface area contributed by atoms with Gasteiger partial charge in [-0.15, -0.1) is 0 Å². The quantitative estimate of drug-likeness (QED) is 0.374. The average Bonchev–Trinajstić information content (AvgIpc) is 3.52. The van der Waals surface area contributed by atoms with Crippen LogP contribution in [0.4, 0.5) is 13.2 Å². The Hall–Kier alpha value is -4.25. The molecule has 0 radical (unpaired) electrons. The number of halogens is 3. The molecule has 0 amide bonds. The summed E-state index contributed by atoms with van der Waals surface area (Å²) in [6.07, 6.45) is 1.86. The van der Waals surface area contributed by atoms with Gasteiger partial charge < -0.3 is 10.1 Å². The van der Waals surface area contributed by atoms with Crippen molar-refractivity contribution in [3.8, 4) is 17.3 Å². The lowest BCUT2D eigenvalue weighted by molar-refractivity contribution is -0.192. The number of hydrogen-bond donors (Lipinski definition) is 2. The number of fused-ring (bicyclic) bond motifs is 1. The Balaban J connectivity index is 0.000000479. The summed E-state index contributed by atoms with van der Waals surface area (Å²) in [7, 11) is -3.42. The van der Waals surface area contributed by atoms with Crippen LogP contribution in [0.1, 0.15) is 31.9 Å². The molecule has 0 aliphatic heterocycles. The topological polar surface area (TPSA) is 155 Å². The highest BCUT2D eigenvalue weighted by molar-refractivity contribution is 7.92. The van der Waals surface area contributed by atoms with Gasteiger partial charge in [0.15, 0.2) is 9.84 Å². The summed E-state index contributed by atoms with van der Waals surface area (Å²) in [4.78, 5) is 20.8. The van der Waals surface area contributed by atoms with Crippen LogP contribution < -0.4 is 0 Å². The van der Waals surface area contributed by atoms with E-state index in [1.54, 1.807) is 49.1 Å². The number of alkyl halides is 3. The predicted molar refractivity (Wildman–Crippen MR) is 126 cm³/mol. The minimum atomic E-state index is -5.08. The molecular formula is C23H21F3N6O4S. The van der Waals surface area contributed by atoms with E-state index in [1.165, 1.54) is 6.33 Å². The first-order valence-electron chi connectivity index (χ1n) is 10.7. The number of carboxylic acid groups (broad SMARTS) is 1. The third-order valence-corrected chi connectivity index (χ3v) is 7.42. The van der Waals surface area contributed by atoms with Crippen LogP contribution >= 0.6 is 0 Å². The van der Waals surface area contributed by atoms with Crippen LogP contribution in [0, 0.1) is 11.3 Å². The van der Waals surface area contributed by atoms with E-state index in [-0.39, 0.29) is 11.3 Å². The van der Waals surface area contributed by atoms with Gasteiger partial charge in [-0.25, -0.2) is 23.2 Å². The Morgan fingerprint density at radius 2 is 1.95 bits per heavy atom. The van der Waals surface area contributed by atoms with Crippen molar-refractivity contribution in [1.29, 1.82) is 5.26 Å². The summed E-state index contributed by atoms with van der Waals surface area (Å²) >= 11 is 0. The van der Waals surface area contributed by atoms with Crippen molar-refractivity contribution in [3.05, 3.63) is 60.8 Å². The van der Waals surface area contributed by atoms with Gasteiger partial charge in [0.05, 0.1) is 40.6 Å². The van der Waals surface area contributed by atoms with E-state index in [1.807, 2.05) is 18.3 Å². The Morgan fingerprint density at radius 3 is 2.57 bits per heavy atom. The number of nitrogens with one attached hydrogen (secondary N) is 1. The van der Waals surface area contributed by atoms with Crippen molar-refractivity contribution in [1.82, 2.24) is 24.7 Å². The number of benzene rings is 1. The van der Waals surface area contributed by atoms with Crippen molar-refractivity contribution in [2.24, 2.45) is 0 Å². The first-order chi connectivity index (χ1) is 17.4. The van der Waals surface area contributed by atoms with Crippen LogP contribution in [0.3, 0.4) is 0 Å². The van der Waals surface area contributed by atoms with Crippen LogP contribution in [0.15, 0.2) is 60.1 Å². The molecule has 1 atom stereocenters. The fraction of sp³-hybridized carbons (Fsp3) is 0.261. The molecule has 0 spiro atoms. The van der Waals surface area contributed by atoms with Crippen molar-refractivity contribution < 1.29 is 31.5 Å². The van der Waals surface area contributed by atoms with Gasteiger partial charge in [0.25, 0.3) is 0 Å². The van der Waals surface area contributed by atoms with Gasteiger partial charge in [0, 0.05) is 23.3 Å². The molecule has 0 aliphatic carbocycles. The van der Waals surface area contributed by atoms with Gasteiger partial charge in [0.1, 0.15) is 12.0 Å². The van der Waals surface area contributed by atoms with Gasteiger partial charge in [-0.05, 0) is 37.6 Å². The molecule has 10 nitrogen and oxygen atoms in total. The summed E-state index contributed by atoms with van der Waals surface area (Å²) in [5.41, 5.74) is 2.96. The molecule has 1 unspecified atom stereocenters. The minimum Gasteiger partial charge on any atom is -0.475 e. The number of nitriles is 1. The minimum absolute atomic E-state index is 0.148. The molecule has 37 heavy (non-hydrogen) atoms. The zero-order valence-corrected chi connectivity index (χ0v) is 20.3. The van der Waals surface area contributed by atoms with Crippen molar-refractivity contribution in [2.45, 2.75) is 42.6 Å². The second-order valence-electron chi connectivity index (χ2n) is 8.02. The van der Waals surface area contributed by atoms with E-state index in [0.717, 1.165) is 22.3 Å². The molecule has 4 aromatic rings. The molecule has 0 fully saturated rings. The number of sulfone groups is 1. The van der Waals surface area contributed by atoms with Crippen LogP contribution in [0.5, 0.6) is 0 Å². The van der Waals surface area contributed by atoms with E-state index < -0.39 is 33.3 Å². The zero-order valence-electron chi connectivity index (χ0n) is 19.5. The Bertz CT molecular complexity index is 1550. The van der Waals surface area contributed by atoms with Gasteiger partial charge in [-0.2, -0.15) is 23.5 Å². The number of aromatic nitrogens is 5. The van der Waals surface area contributed by atoms with Crippen LogP contribution in [-0.4, -0.2) is 55.7 Å². The third kappa shape index (κ3) is 6.12. The van der Waals surface area contributed by atoms with Gasteiger partial charge in [-0.1, -0.05) is 12.1 Å². The van der Waals surface area contributed by atoms with Crippen LogP contribution in [0.25, 0.3) is 22.3 Å². The second-order valence-corrected chi connectivity index (χ2v) is 10.5. The summed E-state index contributed by atoms with van der Waals surface area (Å²) in [5, 5.41) is 21.3. The lowest BCUT2D eigenvalue weighted by atomic mass is 10.0. The SMILES string of the molecule is CC(C)S(=O)(=O)c1cccc(C(CC#N)n2cc(-c3ncnc4[nH]ccc34)cn2)c1.O=C(O)C(F)(F)F. The molecule has 0 bridgehead atoms. The fourth-order valence-corrected chi connectivity index (χ4v) is 4.47. The number of H-pyrrole nitrogens is 1. The van der Waals surface area contributed by atoms with Gasteiger partial charge in [-0.3, -0.25) is 4.68 Å². The standard InChI is InChI=1S/C21H20N6O2S.C2HF3O2/c1-14(2)30(28,29)17-5-3-4-15(10-17)19(6-8-22)27-12-16(11-26-27)20-18-7-9-23-21(18)25-13-24-20;3-2(4,5)1(6)7/h3-5,7,9-14,19H,6H2,1-2H3,(H,23,24,25);(H,6,7). The number of carboxylic acids is 1. The van der Waals surface area contributed by atoms with Gasteiger partial charge in [0.2, 0.25) is 0 Å². The molecule has 0 aliphatic rings. The summed E-state index contributed by atoms with van der Waals surface area (Å²) in [5.74, 6) is -2.76. The largest absolute Gasteiger partial charge is 0.490 e. The zero-order chi connectivity index (χ0) is 27.4. The molecule has 3 aromatic heterocycles. The average molecular weight is 535 g/mol. The lowest BCUT2D eigenvalue weighted by Gasteiger charge is -2.17. The molecular weight excluding hydrogens is 513 g/mol. The van der Waals surface area contributed by atoms with E-state index >= 15 is 0 Å². The highest BCUT2D eigenvalue weighted by atomic mass is 32.2. The smallest absolute Gasteiger partial charge is 0.475 e. The maximum absolute atomic E-state index is 12.6. The Morgan fingerprint density at radius 1 is 1.24 bits per heavy atom. The highest BCUT2D eigenvalue weighted by Crippen LogP contribution is 2.29. The maximum atomic E-state index is 12.6. The number of hydrogen-bond acceptors (Lipinski definition) is 7. The lowest BCUT2D eigenvalue weighted by Crippen LogP contribution is -2.21. The van der Waals surface area contributed by atoms with Crippen molar-refractivity contribution in [2.75, 3.05) is 0 Å². The van der Waals surface area contributed by atoms with E-state index in [2.05, 4.69) is 26.1 Å². The normalized spacial score (nSPS) is 12.6. The number of aromatic amines is 1. The van der Waals surface area contributed by atoms with E-state index in [0.29, 0.717) is 5.56 Å². The van der Waals surface area contributed by atoms with Crippen LogP contribution in [0.2, 0.25) is 0 Å². The maximum Gasteiger partial charge on any atom is 0.490 e. The molecule has 194 valence electrons. The number of rotatable bonds is 6. The van der Waals surface area contributed by atoms with E-state index in [9.17, 15) is 26.9 Å². The molecule has 4 rings (SSSR count). The third-order valence-electron chi connectivity index (χ3n) is 5.27. The highest BCUT2D eigenvalue weighted by Gasteiger charge is 2.38. The van der Waals surface area contributed by atoms with E-state index in [4.69, 9.17) is 9.90 Å². The Kier molecular flexibility index (Phi) is 7.97. The molecule has 0 saturated heterocycles. The summed E-state index contributed by atoms with van der Waals surface area (Å²) in [6.45, 7) is 3.30. The molecule has 14 heteroatoms. The Labute approximate surface area is 209 Å². The second kappa shape index (κ2) is 10.8. The number of nitrogens with zero attached hydrogens (tertiary/aromatic N) is 5. The summed E-state index contributed by atoms with van der Waals surface area (Å²) < 4.78 is 58.6. The van der Waals surface area contributed by atoms with Crippen molar-refractivity contribution in [3.63, 3.8) is 0 Å². The molecule has 0 saturated carbocycles. The monoisotopic (exact) mass is 534 g/mol. The fourth-order valence-electron chi connectivity index (χ4n) is 3.35. The first kappa shape index (κ1) is 27.3. The number of aliphatic carboxylic acids is 1.